The molecule has 0 unspecified atom stereocenters. The van der Waals surface area contributed by atoms with E-state index in [9.17, 15) is 5.26 Å². The molecule has 0 spiro atoms. The average Bonchev–Trinajstić information content (AvgIpc) is 2.93. The number of pyridine rings is 1. The molecule has 3 nitrogen and oxygen atoms in total. The lowest BCUT2D eigenvalue weighted by Crippen LogP contribution is -1.85. The summed E-state index contributed by atoms with van der Waals surface area (Å²) in [5.41, 5.74) is 1.83. The molecule has 0 aliphatic rings. The highest BCUT2D eigenvalue weighted by molar-refractivity contribution is 6.53. The van der Waals surface area contributed by atoms with Crippen LogP contribution in [0.15, 0.2) is 59.3 Å². The van der Waals surface area contributed by atoms with Crippen LogP contribution >= 0.6 is 11.6 Å². The lowest BCUT2D eigenvalue weighted by atomic mass is 10.1. The summed E-state index contributed by atoms with van der Waals surface area (Å²) >= 11 is 6.32. The van der Waals surface area contributed by atoms with Crippen molar-refractivity contribution >= 4 is 33.2 Å². The number of fused-ring (bicyclic) bond motifs is 1. The van der Waals surface area contributed by atoms with Crippen molar-refractivity contribution in [2.24, 2.45) is 0 Å². The van der Waals surface area contributed by atoms with Crippen molar-refractivity contribution in [3.63, 3.8) is 0 Å². The molecule has 3 rings (SSSR count). The van der Waals surface area contributed by atoms with Crippen LogP contribution in [0.2, 0.25) is 0 Å². The first-order valence-electron chi connectivity index (χ1n) is 5.99. The zero-order chi connectivity index (χ0) is 13.9. The van der Waals surface area contributed by atoms with Crippen LogP contribution in [0.3, 0.4) is 0 Å². The van der Waals surface area contributed by atoms with Gasteiger partial charge in [-0.05, 0) is 29.8 Å². The minimum atomic E-state index is 0.301. The predicted molar refractivity (Wildman–Crippen MR) is 78.7 cm³/mol. The van der Waals surface area contributed by atoms with E-state index in [1.165, 1.54) is 0 Å². The van der Waals surface area contributed by atoms with Gasteiger partial charge in [-0.3, -0.25) is 4.98 Å². The number of halogens is 1. The van der Waals surface area contributed by atoms with Gasteiger partial charge in [-0.15, -0.1) is 0 Å². The second kappa shape index (κ2) is 5.20. The fourth-order valence-corrected chi connectivity index (χ4v) is 2.22. The molecule has 0 fully saturated rings. The Morgan fingerprint density at radius 2 is 1.90 bits per heavy atom. The topological polar surface area (TPSA) is 49.8 Å². The highest BCUT2D eigenvalue weighted by Gasteiger charge is 2.13. The fourth-order valence-electron chi connectivity index (χ4n) is 1.97. The van der Waals surface area contributed by atoms with Gasteiger partial charge in [0, 0.05) is 17.8 Å². The van der Waals surface area contributed by atoms with Crippen molar-refractivity contribution in [3.8, 4) is 6.07 Å². The van der Waals surface area contributed by atoms with Crippen LogP contribution in [-0.4, -0.2) is 4.98 Å². The van der Waals surface area contributed by atoms with E-state index in [2.05, 4.69) is 11.1 Å². The number of benzene rings is 1. The van der Waals surface area contributed by atoms with Gasteiger partial charge in [0.1, 0.15) is 22.4 Å². The van der Waals surface area contributed by atoms with Gasteiger partial charge < -0.3 is 4.42 Å². The molecule has 0 atom stereocenters. The third-order valence-corrected chi connectivity index (χ3v) is 3.32. The molecule has 0 bridgehead atoms. The lowest BCUT2D eigenvalue weighted by Gasteiger charge is -2.00. The molecule has 4 heteroatoms. The number of rotatable bonds is 2. The first-order valence-corrected chi connectivity index (χ1v) is 6.36. The molecule has 0 saturated carbocycles. The average molecular weight is 281 g/mol. The van der Waals surface area contributed by atoms with E-state index in [1.54, 1.807) is 24.5 Å². The maximum atomic E-state index is 9.33. The molecule has 0 saturated heterocycles. The van der Waals surface area contributed by atoms with Crippen LogP contribution in [0.1, 0.15) is 11.3 Å². The molecule has 96 valence electrons. The standard InChI is InChI=1S/C16H9ClN2O/c17-16(13(10-18)11-5-7-19-8-6-11)15-9-12-3-1-2-4-14(12)20-15/h1-9H/b16-13-. The normalized spacial score (nSPS) is 12.0. The van der Waals surface area contributed by atoms with E-state index in [0.717, 1.165) is 11.0 Å². The molecule has 0 radical (unpaired) electrons. The minimum absolute atomic E-state index is 0.301. The van der Waals surface area contributed by atoms with E-state index >= 15 is 0 Å². The summed E-state index contributed by atoms with van der Waals surface area (Å²) in [6, 6.07) is 15.0. The minimum Gasteiger partial charge on any atom is -0.455 e. The summed E-state index contributed by atoms with van der Waals surface area (Å²) in [5.74, 6) is 0.487. The first-order chi connectivity index (χ1) is 9.79. The van der Waals surface area contributed by atoms with Gasteiger partial charge in [0.05, 0.1) is 5.57 Å². The van der Waals surface area contributed by atoms with Crippen molar-refractivity contribution in [2.45, 2.75) is 0 Å². The maximum absolute atomic E-state index is 9.33. The summed E-state index contributed by atoms with van der Waals surface area (Å²) in [4.78, 5) is 3.93. The number of hydrogen-bond acceptors (Lipinski definition) is 3. The van der Waals surface area contributed by atoms with E-state index in [1.807, 2.05) is 30.3 Å². The Morgan fingerprint density at radius 1 is 1.15 bits per heavy atom. The maximum Gasteiger partial charge on any atom is 0.148 e. The summed E-state index contributed by atoms with van der Waals surface area (Å²) in [5, 5.41) is 10.6. The van der Waals surface area contributed by atoms with Crippen molar-refractivity contribution in [1.82, 2.24) is 4.98 Å². The van der Waals surface area contributed by atoms with Gasteiger partial charge in [0.15, 0.2) is 0 Å². The second-order valence-electron chi connectivity index (χ2n) is 4.19. The number of furan rings is 1. The van der Waals surface area contributed by atoms with Crippen LogP contribution in [-0.2, 0) is 0 Å². The summed E-state index contributed by atoms with van der Waals surface area (Å²) in [7, 11) is 0. The van der Waals surface area contributed by atoms with E-state index in [0.29, 0.717) is 21.9 Å². The Hall–Kier alpha value is -2.57. The first kappa shape index (κ1) is 12.5. The van der Waals surface area contributed by atoms with Gasteiger partial charge in [0.2, 0.25) is 0 Å². The van der Waals surface area contributed by atoms with E-state index in [4.69, 9.17) is 16.0 Å². The van der Waals surface area contributed by atoms with Crippen molar-refractivity contribution in [1.29, 1.82) is 5.26 Å². The molecule has 2 aromatic heterocycles. The zero-order valence-electron chi connectivity index (χ0n) is 10.4. The summed E-state index contributed by atoms with van der Waals surface area (Å²) < 4.78 is 5.68. The molecule has 0 aliphatic heterocycles. The van der Waals surface area contributed by atoms with Crippen LogP contribution in [0.25, 0.3) is 21.6 Å². The molecular weight excluding hydrogens is 272 g/mol. The molecule has 3 aromatic rings. The van der Waals surface area contributed by atoms with Crippen LogP contribution in [0, 0.1) is 11.3 Å². The van der Waals surface area contributed by atoms with Crippen LogP contribution in [0.4, 0.5) is 0 Å². The molecule has 2 heterocycles. The smallest absolute Gasteiger partial charge is 0.148 e. The number of nitriles is 1. The van der Waals surface area contributed by atoms with Gasteiger partial charge in [-0.25, -0.2) is 0 Å². The molecule has 1 aromatic carbocycles. The predicted octanol–water partition coefficient (Wildman–Crippen LogP) is 4.46. The van der Waals surface area contributed by atoms with Gasteiger partial charge >= 0.3 is 0 Å². The summed E-state index contributed by atoms with van der Waals surface area (Å²) in [6.45, 7) is 0. The van der Waals surface area contributed by atoms with Crippen LogP contribution in [0.5, 0.6) is 0 Å². The van der Waals surface area contributed by atoms with Crippen molar-refractivity contribution in [3.05, 3.63) is 66.2 Å². The Morgan fingerprint density at radius 3 is 2.60 bits per heavy atom. The Bertz CT molecular complexity index is 795. The molecule has 0 aliphatic carbocycles. The highest BCUT2D eigenvalue weighted by atomic mass is 35.5. The van der Waals surface area contributed by atoms with Gasteiger partial charge in [-0.2, -0.15) is 5.26 Å². The number of nitrogens with zero attached hydrogens (tertiary/aromatic N) is 2. The third-order valence-electron chi connectivity index (χ3n) is 2.94. The van der Waals surface area contributed by atoms with E-state index < -0.39 is 0 Å². The number of para-hydroxylation sites is 1. The quantitative estimate of drug-likeness (QED) is 0.651. The van der Waals surface area contributed by atoms with Crippen LogP contribution < -0.4 is 0 Å². The number of hydrogen-bond donors (Lipinski definition) is 0. The summed E-state index contributed by atoms with van der Waals surface area (Å²) in [6.07, 6.45) is 3.24. The molecular formula is C16H9ClN2O. The second-order valence-corrected chi connectivity index (χ2v) is 4.56. The highest BCUT2D eigenvalue weighted by Crippen LogP contribution is 2.32. The SMILES string of the molecule is N#C/C(=C(/Cl)c1cc2ccccc2o1)c1ccncc1. The lowest BCUT2D eigenvalue weighted by molar-refractivity contribution is 0.603. The van der Waals surface area contributed by atoms with Crippen molar-refractivity contribution < 1.29 is 4.42 Å². The molecule has 20 heavy (non-hydrogen) atoms. The van der Waals surface area contributed by atoms with E-state index in [-0.39, 0.29) is 0 Å². The Balaban J connectivity index is 2.16. The fraction of sp³-hybridized carbons (Fsp3) is 0. The third kappa shape index (κ3) is 2.18. The molecule has 0 N–H and O–H groups in total. The zero-order valence-corrected chi connectivity index (χ0v) is 11.1. The largest absolute Gasteiger partial charge is 0.455 e. The Kier molecular flexibility index (Phi) is 3.24. The Labute approximate surface area is 120 Å². The van der Waals surface area contributed by atoms with Gasteiger partial charge in [-0.1, -0.05) is 29.8 Å². The molecule has 0 amide bonds. The monoisotopic (exact) mass is 280 g/mol. The van der Waals surface area contributed by atoms with Crippen molar-refractivity contribution in [2.75, 3.05) is 0 Å². The number of allylic oxidation sites excluding steroid dienone is 1. The number of aromatic nitrogens is 1. The van der Waals surface area contributed by atoms with Gasteiger partial charge in [0.25, 0.3) is 0 Å².